The highest BCUT2D eigenvalue weighted by atomic mass is 16.5. The lowest BCUT2D eigenvalue weighted by molar-refractivity contribution is 0.0525. The molecule has 0 spiro atoms. The first-order valence-corrected chi connectivity index (χ1v) is 6.69. The van der Waals surface area contributed by atoms with Gasteiger partial charge in [-0.2, -0.15) is 0 Å². The van der Waals surface area contributed by atoms with Crippen LogP contribution < -0.4 is 0 Å². The number of nitrogens with zero attached hydrogens (tertiary/aromatic N) is 2. The van der Waals surface area contributed by atoms with Crippen LogP contribution in [0.3, 0.4) is 0 Å². The molecule has 0 unspecified atom stereocenters. The molecule has 0 saturated carbocycles. The average Bonchev–Trinajstić information content (AvgIpc) is 2.88. The van der Waals surface area contributed by atoms with Crippen molar-refractivity contribution in [1.29, 1.82) is 0 Å². The summed E-state index contributed by atoms with van der Waals surface area (Å²) >= 11 is 0. The summed E-state index contributed by atoms with van der Waals surface area (Å²) < 4.78 is 10.3. The Hall–Kier alpha value is -2.69. The smallest absolute Gasteiger partial charge is 0.344 e. The quantitative estimate of drug-likeness (QED) is 0.689. The molecule has 2 heterocycles. The van der Waals surface area contributed by atoms with Crippen LogP contribution in [-0.2, 0) is 4.74 Å². The Balaban J connectivity index is 2.22. The molecule has 5 nitrogen and oxygen atoms in total. The first-order valence-electron chi connectivity index (χ1n) is 6.69. The Morgan fingerprint density at radius 1 is 1.33 bits per heavy atom. The normalized spacial score (nSPS) is 10.8. The number of aryl methyl sites for hydroxylation is 1. The van der Waals surface area contributed by atoms with Crippen molar-refractivity contribution in [3.8, 4) is 11.3 Å². The van der Waals surface area contributed by atoms with Crippen LogP contribution in [0.5, 0.6) is 0 Å². The maximum atomic E-state index is 12.1. The standard InChI is InChI=1S/C16H14N2O3/c1-3-20-16(19)14-10(2)21-18-15(14)13-6-4-5-11-9-17-8-7-12(11)13/h4-9H,3H2,1-2H3. The highest BCUT2D eigenvalue weighted by Crippen LogP contribution is 2.31. The fraction of sp³-hybridized carbons (Fsp3) is 0.188. The van der Waals surface area contributed by atoms with E-state index in [1.807, 2.05) is 24.3 Å². The van der Waals surface area contributed by atoms with E-state index in [0.717, 1.165) is 16.3 Å². The van der Waals surface area contributed by atoms with Crippen LogP contribution >= 0.6 is 0 Å². The van der Waals surface area contributed by atoms with Gasteiger partial charge >= 0.3 is 5.97 Å². The van der Waals surface area contributed by atoms with E-state index in [0.29, 0.717) is 23.6 Å². The van der Waals surface area contributed by atoms with Gasteiger partial charge in [0.05, 0.1) is 6.61 Å². The molecule has 0 aliphatic carbocycles. The lowest BCUT2D eigenvalue weighted by Gasteiger charge is -2.05. The number of ether oxygens (including phenoxy) is 1. The van der Waals surface area contributed by atoms with Crippen molar-refractivity contribution in [2.45, 2.75) is 13.8 Å². The second-order valence-electron chi connectivity index (χ2n) is 4.59. The molecule has 0 radical (unpaired) electrons. The zero-order chi connectivity index (χ0) is 14.8. The van der Waals surface area contributed by atoms with Crippen LogP contribution in [-0.4, -0.2) is 22.7 Å². The number of esters is 1. The van der Waals surface area contributed by atoms with Crippen LogP contribution in [0.4, 0.5) is 0 Å². The van der Waals surface area contributed by atoms with E-state index in [1.54, 1.807) is 26.2 Å². The molecule has 0 aliphatic rings. The van der Waals surface area contributed by atoms with E-state index in [1.165, 1.54) is 0 Å². The molecule has 21 heavy (non-hydrogen) atoms. The largest absolute Gasteiger partial charge is 0.462 e. The van der Waals surface area contributed by atoms with Gasteiger partial charge in [-0.15, -0.1) is 0 Å². The Bertz CT molecular complexity index is 803. The van der Waals surface area contributed by atoms with Crippen LogP contribution in [0.2, 0.25) is 0 Å². The van der Waals surface area contributed by atoms with Gasteiger partial charge < -0.3 is 9.26 Å². The number of fused-ring (bicyclic) bond motifs is 1. The van der Waals surface area contributed by atoms with E-state index in [4.69, 9.17) is 9.26 Å². The second-order valence-corrected chi connectivity index (χ2v) is 4.59. The van der Waals surface area contributed by atoms with E-state index < -0.39 is 5.97 Å². The van der Waals surface area contributed by atoms with Crippen LogP contribution in [0, 0.1) is 6.92 Å². The Kier molecular flexibility index (Phi) is 3.39. The van der Waals surface area contributed by atoms with Gasteiger partial charge in [0.15, 0.2) is 0 Å². The average molecular weight is 282 g/mol. The van der Waals surface area contributed by atoms with Gasteiger partial charge in [0.25, 0.3) is 0 Å². The van der Waals surface area contributed by atoms with Crippen molar-refractivity contribution in [3.05, 3.63) is 48.0 Å². The Morgan fingerprint density at radius 3 is 3.00 bits per heavy atom. The van der Waals surface area contributed by atoms with E-state index >= 15 is 0 Å². The molecular weight excluding hydrogens is 268 g/mol. The first kappa shape index (κ1) is 13.3. The number of hydrogen-bond donors (Lipinski definition) is 0. The molecule has 2 aromatic heterocycles. The summed E-state index contributed by atoms with van der Waals surface area (Å²) in [5.41, 5.74) is 1.71. The van der Waals surface area contributed by atoms with Crippen molar-refractivity contribution in [2.24, 2.45) is 0 Å². The molecule has 0 atom stereocenters. The van der Waals surface area contributed by atoms with Crippen LogP contribution in [0.15, 0.2) is 41.2 Å². The minimum atomic E-state index is -0.419. The third-order valence-electron chi connectivity index (χ3n) is 3.28. The summed E-state index contributed by atoms with van der Waals surface area (Å²) in [6, 6.07) is 7.66. The zero-order valence-electron chi connectivity index (χ0n) is 11.8. The number of benzene rings is 1. The number of carbonyl (C=O) groups excluding carboxylic acids is 1. The summed E-state index contributed by atoms with van der Waals surface area (Å²) in [6.07, 6.45) is 3.48. The van der Waals surface area contributed by atoms with Gasteiger partial charge in [0.1, 0.15) is 17.0 Å². The molecule has 3 aromatic rings. The highest BCUT2D eigenvalue weighted by molar-refractivity contribution is 6.03. The number of rotatable bonds is 3. The molecule has 0 bridgehead atoms. The Morgan fingerprint density at radius 2 is 2.19 bits per heavy atom. The maximum absolute atomic E-state index is 12.1. The van der Waals surface area contributed by atoms with Gasteiger partial charge in [-0.1, -0.05) is 23.4 Å². The molecule has 106 valence electrons. The predicted octanol–water partition coefficient (Wildman–Crippen LogP) is 3.37. The first-order chi connectivity index (χ1) is 10.2. The Labute approximate surface area is 121 Å². The topological polar surface area (TPSA) is 65.2 Å². The molecule has 3 rings (SSSR count). The highest BCUT2D eigenvalue weighted by Gasteiger charge is 2.23. The zero-order valence-corrected chi connectivity index (χ0v) is 11.8. The molecule has 0 fully saturated rings. The summed E-state index contributed by atoms with van der Waals surface area (Å²) in [5.74, 6) is 0.0341. The van der Waals surface area contributed by atoms with Gasteiger partial charge in [0, 0.05) is 23.3 Å². The second kappa shape index (κ2) is 5.36. The minimum Gasteiger partial charge on any atom is -0.462 e. The van der Waals surface area contributed by atoms with Crippen molar-refractivity contribution >= 4 is 16.7 Å². The lowest BCUT2D eigenvalue weighted by atomic mass is 10.0. The number of aromatic nitrogens is 2. The fourth-order valence-electron chi connectivity index (χ4n) is 2.33. The predicted molar refractivity (Wildman–Crippen MR) is 77.9 cm³/mol. The summed E-state index contributed by atoms with van der Waals surface area (Å²) in [5, 5.41) is 5.98. The van der Waals surface area contributed by atoms with Crippen molar-refractivity contribution in [2.75, 3.05) is 6.61 Å². The number of hydrogen-bond acceptors (Lipinski definition) is 5. The third kappa shape index (κ3) is 2.27. The molecule has 0 aliphatic heterocycles. The van der Waals surface area contributed by atoms with Crippen molar-refractivity contribution in [3.63, 3.8) is 0 Å². The minimum absolute atomic E-state index is 0.308. The molecule has 0 amide bonds. The van der Waals surface area contributed by atoms with E-state index in [2.05, 4.69) is 10.1 Å². The summed E-state index contributed by atoms with van der Waals surface area (Å²) in [6.45, 7) is 3.78. The van der Waals surface area contributed by atoms with Crippen LogP contribution in [0.25, 0.3) is 22.0 Å². The molecular formula is C16H14N2O3. The van der Waals surface area contributed by atoms with Crippen LogP contribution in [0.1, 0.15) is 23.0 Å². The van der Waals surface area contributed by atoms with Gasteiger partial charge in [0.2, 0.25) is 0 Å². The van der Waals surface area contributed by atoms with E-state index in [9.17, 15) is 4.79 Å². The maximum Gasteiger partial charge on any atom is 0.344 e. The van der Waals surface area contributed by atoms with Gasteiger partial charge in [-0.3, -0.25) is 4.98 Å². The molecule has 5 heteroatoms. The molecule has 0 N–H and O–H groups in total. The summed E-state index contributed by atoms with van der Waals surface area (Å²) in [4.78, 5) is 16.2. The molecule has 0 saturated heterocycles. The summed E-state index contributed by atoms with van der Waals surface area (Å²) in [7, 11) is 0. The SMILES string of the molecule is CCOC(=O)c1c(-c2cccc3cnccc23)noc1C. The molecule has 1 aromatic carbocycles. The van der Waals surface area contributed by atoms with Crippen molar-refractivity contribution in [1.82, 2.24) is 10.1 Å². The van der Waals surface area contributed by atoms with Gasteiger partial charge in [-0.05, 0) is 25.3 Å². The number of pyridine rings is 1. The fourth-order valence-corrected chi connectivity index (χ4v) is 2.33. The monoisotopic (exact) mass is 282 g/mol. The van der Waals surface area contributed by atoms with E-state index in [-0.39, 0.29) is 0 Å². The third-order valence-corrected chi connectivity index (χ3v) is 3.28. The van der Waals surface area contributed by atoms with Gasteiger partial charge in [-0.25, -0.2) is 4.79 Å². The van der Waals surface area contributed by atoms with Crippen molar-refractivity contribution < 1.29 is 14.1 Å². The number of carbonyl (C=O) groups is 1. The lowest BCUT2D eigenvalue weighted by Crippen LogP contribution is -2.06.